The number of hydrogen-bond acceptors (Lipinski definition) is 5. The SMILES string of the molecule is CCSc1c(-c2nc3ccc(C)nc3n2C(F)(F)F)nc2ccc(C(F)(F)F)nn12. The molecular formula is C17H12F6N6S. The molecule has 158 valence electrons. The summed E-state index contributed by atoms with van der Waals surface area (Å²) in [6.45, 7) is 3.25. The minimum Gasteiger partial charge on any atom is -0.233 e. The minimum atomic E-state index is -4.88. The van der Waals surface area contributed by atoms with Crippen LogP contribution in [0.15, 0.2) is 29.3 Å². The number of hydrogen-bond donors (Lipinski definition) is 0. The lowest BCUT2D eigenvalue weighted by Crippen LogP contribution is -2.18. The molecule has 0 bridgehead atoms. The largest absolute Gasteiger partial charge is 0.491 e. The molecule has 0 amide bonds. The van der Waals surface area contributed by atoms with Crippen molar-refractivity contribution in [2.75, 3.05) is 5.75 Å². The zero-order valence-electron chi connectivity index (χ0n) is 15.4. The second kappa shape index (κ2) is 6.86. The predicted octanol–water partition coefficient (Wildman–Crippen LogP) is 5.06. The van der Waals surface area contributed by atoms with Crippen molar-refractivity contribution in [3.05, 3.63) is 35.7 Å². The number of halogens is 6. The van der Waals surface area contributed by atoms with Gasteiger partial charge in [-0.25, -0.2) is 24.0 Å². The highest BCUT2D eigenvalue weighted by molar-refractivity contribution is 7.99. The Morgan fingerprint density at radius 1 is 0.967 bits per heavy atom. The Labute approximate surface area is 168 Å². The first-order valence-corrected chi connectivity index (χ1v) is 9.52. The molecule has 0 unspecified atom stereocenters. The van der Waals surface area contributed by atoms with E-state index >= 15 is 0 Å². The molecule has 6 nitrogen and oxygen atoms in total. The first-order valence-electron chi connectivity index (χ1n) is 8.54. The smallest absolute Gasteiger partial charge is 0.233 e. The van der Waals surface area contributed by atoms with E-state index in [0.29, 0.717) is 11.4 Å². The highest BCUT2D eigenvalue weighted by Crippen LogP contribution is 2.38. The molecule has 4 heterocycles. The number of alkyl halides is 6. The molecule has 4 aromatic rings. The number of thioether (sulfide) groups is 1. The molecule has 4 aromatic heterocycles. The number of aryl methyl sites for hydroxylation is 1. The van der Waals surface area contributed by atoms with Gasteiger partial charge in [0, 0.05) is 5.69 Å². The van der Waals surface area contributed by atoms with Gasteiger partial charge in [-0.1, -0.05) is 6.92 Å². The highest BCUT2D eigenvalue weighted by Gasteiger charge is 2.39. The number of imidazole rings is 2. The van der Waals surface area contributed by atoms with Crippen LogP contribution in [-0.2, 0) is 12.5 Å². The molecule has 0 saturated heterocycles. The van der Waals surface area contributed by atoms with Crippen molar-refractivity contribution in [3.8, 4) is 11.5 Å². The van der Waals surface area contributed by atoms with E-state index in [1.54, 1.807) is 13.8 Å². The second-order valence-electron chi connectivity index (χ2n) is 6.22. The monoisotopic (exact) mass is 446 g/mol. The fraction of sp³-hybridized carbons (Fsp3) is 0.294. The molecule has 0 atom stereocenters. The summed E-state index contributed by atoms with van der Waals surface area (Å²) in [5.74, 6) is -0.201. The van der Waals surface area contributed by atoms with Gasteiger partial charge >= 0.3 is 12.5 Å². The van der Waals surface area contributed by atoms with Gasteiger partial charge in [-0.2, -0.15) is 18.3 Å². The lowest BCUT2D eigenvalue weighted by molar-refractivity contribution is -0.200. The van der Waals surface area contributed by atoms with Crippen LogP contribution in [0.4, 0.5) is 26.3 Å². The van der Waals surface area contributed by atoms with Crippen LogP contribution in [0, 0.1) is 6.92 Å². The molecule has 0 aromatic carbocycles. The van der Waals surface area contributed by atoms with E-state index in [4.69, 9.17) is 0 Å². The Morgan fingerprint density at radius 2 is 1.70 bits per heavy atom. The zero-order valence-corrected chi connectivity index (χ0v) is 16.2. The minimum absolute atomic E-state index is 0.0124. The van der Waals surface area contributed by atoms with E-state index in [-0.39, 0.29) is 26.5 Å². The third-order valence-electron chi connectivity index (χ3n) is 4.12. The molecule has 0 fully saturated rings. The third kappa shape index (κ3) is 3.36. The Bertz CT molecular complexity index is 1260. The van der Waals surface area contributed by atoms with E-state index in [0.717, 1.165) is 28.4 Å². The van der Waals surface area contributed by atoms with Crippen LogP contribution < -0.4 is 0 Å². The van der Waals surface area contributed by atoms with E-state index < -0.39 is 29.6 Å². The fourth-order valence-electron chi connectivity index (χ4n) is 2.93. The van der Waals surface area contributed by atoms with Gasteiger partial charge in [0.2, 0.25) is 0 Å². The molecule has 0 saturated carbocycles. The molecule has 0 aliphatic heterocycles. The lowest BCUT2D eigenvalue weighted by Gasteiger charge is -2.11. The molecule has 4 rings (SSSR count). The van der Waals surface area contributed by atoms with Gasteiger partial charge in [-0.15, -0.1) is 24.9 Å². The van der Waals surface area contributed by atoms with Crippen molar-refractivity contribution in [1.29, 1.82) is 0 Å². The molecule has 0 aliphatic carbocycles. The zero-order chi connectivity index (χ0) is 21.8. The van der Waals surface area contributed by atoms with E-state index in [2.05, 4.69) is 20.1 Å². The van der Waals surface area contributed by atoms with Gasteiger partial charge < -0.3 is 0 Å². The topological polar surface area (TPSA) is 60.9 Å². The third-order valence-corrected chi connectivity index (χ3v) is 5.05. The summed E-state index contributed by atoms with van der Waals surface area (Å²) >= 11 is 1.01. The lowest BCUT2D eigenvalue weighted by atomic mass is 10.3. The summed E-state index contributed by atoms with van der Waals surface area (Å²) in [7, 11) is 0. The average molecular weight is 446 g/mol. The first-order chi connectivity index (χ1) is 14.0. The van der Waals surface area contributed by atoms with E-state index in [9.17, 15) is 26.3 Å². The van der Waals surface area contributed by atoms with Gasteiger partial charge in [0.15, 0.2) is 22.8 Å². The first kappa shape index (κ1) is 20.4. The van der Waals surface area contributed by atoms with Crippen LogP contribution >= 0.6 is 11.8 Å². The van der Waals surface area contributed by atoms with Gasteiger partial charge in [-0.05, 0) is 36.9 Å². The van der Waals surface area contributed by atoms with Gasteiger partial charge in [0.05, 0.1) is 0 Å². The Balaban J connectivity index is 2.06. The summed E-state index contributed by atoms with van der Waals surface area (Å²) in [6.07, 6.45) is -9.59. The standard InChI is InChI=1S/C17H12F6N6S/c1-3-30-15-12(26-11-7-6-10(16(18,19)20)27-29(11)15)14-25-9-5-4-8(2)24-13(9)28(14)17(21,22)23/h4-7H,3H2,1-2H3. The van der Waals surface area contributed by atoms with Gasteiger partial charge in [0.25, 0.3) is 0 Å². The maximum absolute atomic E-state index is 13.9. The molecule has 0 radical (unpaired) electrons. The van der Waals surface area contributed by atoms with Crippen LogP contribution in [0.25, 0.3) is 28.3 Å². The van der Waals surface area contributed by atoms with Crippen molar-refractivity contribution in [1.82, 2.24) is 29.1 Å². The molecular weight excluding hydrogens is 434 g/mol. The number of nitrogens with zero attached hydrogens (tertiary/aromatic N) is 6. The summed E-state index contributed by atoms with van der Waals surface area (Å²) < 4.78 is 81.8. The van der Waals surface area contributed by atoms with Crippen LogP contribution in [-0.4, -0.2) is 34.9 Å². The van der Waals surface area contributed by atoms with Crippen LogP contribution in [0.5, 0.6) is 0 Å². The van der Waals surface area contributed by atoms with Crippen molar-refractivity contribution < 1.29 is 26.3 Å². The van der Waals surface area contributed by atoms with Crippen LogP contribution in [0.2, 0.25) is 0 Å². The summed E-state index contributed by atoms with van der Waals surface area (Å²) in [5.41, 5.74) is -1.50. The normalized spacial score (nSPS) is 12.9. The maximum Gasteiger partial charge on any atom is 0.491 e. The number of pyridine rings is 1. The number of fused-ring (bicyclic) bond motifs is 2. The second-order valence-corrected chi connectivity index (χ2v) is 7.47. The molecule has 0 spiro atoms. The van der Waals surface area contributed by atoms with E-state index in [1.807, 2.05) is 0 Å². The summed E-state index contributed by atoms with van der Waals surface area (Å²) in [5, 5.41) is 3.57. The Morgan fingerprint density at radius 3 is 2.33 bits per heavy atom. The van der Waals surface area contributed by atoms with Gasteiger partial charge in [0.1, 0.15) is 16.2 Å². The summed E-state index contributed by atoms with van der Waals surface area (Å²) in [6, 6.07) is 4.69. The quantitative estimate of drug-likeness (QED) is 0.325. The molecule has 13 heteroatoms. The van der Waals surface area contributed by atoms with Crippen LogP contribution in [0.3, 0.4) is 0 Å². The Kier molecular flexibility index (Phi) is 4.67. The molecule has 0 aliphatic rings. The van der Waals surface area contributed by atoms with Crippen molar-refractivity contribution >= 4 is 28.6 Å². The van der Waals surface area contributed by atoms with Gasteiger partial charge in [-0.3, -0.25) is 0 Å². The summed E-state index contributed by atoms with van der Waals surface area (Å²) in [4.78, 5) is 12.1. The van der Waals surface area contributed by atoms with Crippen molar-refractivity contribution in [2.24, 2.45) is 0 Å². The fourth-order valence-corrected chi connectivity index (χ4v) is 3.73. The van der Waals surface area contributed by atoms with Crippen LogP contribution in [0.1, 0.15) is 18.3 Å². The Hall–Kier alpha value is -2.83. The predicted molar refractivity (Wildman–Crippen MR) is 96.9 cm³/mol. The van der Waals surface area contributed by atoms with Crippen molar-refractivity contribution in [3.63, 3.8) is 0 Å². The van der Waals surface area contributed by atoms with E-state index in [1.165, 1.54) is 12.1 Å². The highest BCUT2D eigenvalue weighted by atomic mass is 32.2. The molecule has 30 heavy (non-hydrogen) atoms. The average Bonchev–Trinajstić information content (AvgIpc) is 3.18. The number of aromatic nitrogens is 6. The molecule has 0 N–H and O–H groups in total. The number of rotatable bonds is 3. The maximum atomic E-state index is 13.9. The van der Waals surface area contributed by atoms with Crippen molar-refractivity contribution in [2.45, 2.75) is 31.3 Å².